The average molecular weight is 380 g/mol. The van der Waals surface area contributed by atoms with E-state index in [1.807, 2.05) is 25.1 Å². The summed E-state index contributed by atoms with van der Waals surface area (Å²) in [6.45, 7) is 7.38. The molecule has 0 radical (unpaired) electrons. The number of rotatable bonds is 5. The van der Waals surface area contributed by atoms with Gasteiger partial charge in [0.25, 0.3) is 0 Å². The molecule has 148 valence electrons. The van der Waals surface area contributed by atoms with Gasteiger partial charge in [-0.25, -0.2) is 0 Å². The van der Waals surface area contributed by atoms with Gasteiger partial charge in [0, 0.05) is 38.5 Å². The quantitative estimate of drug-likeness (QED) is 0.544. The van der Waals surface area contributed by atoms with E-state index in [0.717, 1.165) is 66.8 Å². The Kier molecular flexibility index (Phi) is 5.32. The number of fused-ring (bicyclic) bond motifs is 2. The van der Waals surface area contributed by atoms with E-state index in [1.165, 1.54) is 0 Å². The maximum absolute atomic E-state index is 5.96. The SMILES string of the molecule is CCNC(=NCC1CCc2nnc(C)n2C1)N(C)Cc1cc2ccccc2o1. The normalized spacial score (nSPS) is 17.0. The Morgan fingerprint density at radius 1 is 1.36 bits per heavy atom. The Morgan fingerprint density at radius 2 is 2.21 bits per heavy atom. The van der Waals surface area contributed by atoms with Gasteiger partial charge in [-0.2, -0.15) is 0 Å². The van der Waals surface area contributed by atoms with E-state index in [-0.39, 0.29) is 0 Å². The molecule has 3 heterocycles. The lowest BCUT2D eigenvalue weighted by Crippen LogP contribution is -2.39. The van der Waals surface area contributed by atoms with Gasteiger partial charge in [0.2, 0.25) is 0 Å². The van der Waals surface area contributed by atoms with Crippen LogP contribution in [-0.4, -0.2) is 45.8 Å². The van der Waals surface area contributed by atoms with Crippen molar-refractivity contribution in [1.82, 2.24) is 25.0 Å². The Hall–Kier alpha value is -2.83. The van der Waals surface area contributed by atoms with Gasteiger partial charge in [0.15, 0.2) is 5.96 Å². The van der Waals surface area contributed by atoms with Gasteiger partial charge in [-0.15, -0.1) is 10.2 Å². The molecule has 1 N–H and O–H groups in total. The van der Waals surface area contributed by atoms with Crippen molar-refractivity contribution in [3.8, 4) is 0 Å². The molecule has 0 saturated carbocycles. The van der Waals surface area contributed by atoms with E-state index in [2.05, 4.69) is 51.1 Å². The highest BCUT2D eigenvalue weighted by molar-refractivity contribution is 5.80. The lowest BCUT2D eigenvalue weighted by Gasteiger charge is -2.25. The second-order valence-electron chi connectivity index (χ2n) is 7.48. The van der Waals surface area contributed by atoms with Gasteiger partial charge in [-0.3, -0.25) is 4.99 Å². The number of hydrogen-bond acceptors (Lipinski definition) is 4. The number of aliphatic imine (C=N–C) groups is 1. The number of nitrogens with zero attached hydrogens (tertiary/aromatic N) is 5. The highest BCUT2D eigenvalue weighted by Gasteiger charge is 2.21. The van der Waals surface area contributed by atoms with E-state index >= 15 is 0 Å². The molecular weight excluding hydrogens is 352 g/mol. The smallest absolute Gasteiger partial charge is 0.194 e. The molecule has 1 aliphatic rings. The molecule has 28 heavy (non-hydrogen) atoms. The molecule has 0 fully saturated rings. The van der Waals surface area contributed by atoms with Crippen LogP contribution in [-0.2, 0) is 19.5 Å². The topological polar surface area (TPSA) is 71.5 Å². The molecule has 1 aromatic carbocycles. The van der Waals surface area contributed by atoms with E-state index in [1.54, 1.807) is 0 Å². The lowest BCUT2D eigenvalue weighted by atomic mass is 9.99. The second kappa shape index (κ2) is 8.04. The number of hydrogen-bond donors (Lipinski definition) is 1. The summed E-state index contributed by atoms with van der Waals surface area (Å²) < 4.78 is 8.19. The maximum Gasteiger partial charge on any atom is 0.194 e. The monoisotopic (exact) mass is 380 g/mol. The fourth-order valence-electron chi connectivity index (χ4n) is 3.79. The maximum atomic E-state index is 5.96. The largest absolute Gasteiger partial charge is 0.459 e. The minimum atomic E-state index is 0.510. The van der Waals surface area contributed by atoms with Crippen LogP contribution < -0.4 is 5.32 Å². The van der Waals surface area contributed by atoms with Crippen LogP contribution in [0.3, 0.4) is 0 Å². The van der Waals surface area contributed by atoms with Crippen LogP contribution in [0.1, 0.15) is 30.8 Å². The summed E-state index contributed by atoms with van der Waals surface area (Å²) in [6, 6.07) is 10.2. The van der Waals surface area contributed by atoms with Crippen LogP contribution in [0.2, 0.25) is 0 Å². The molecule has 0 bridgehead atoms. The summed E-state index contributed by atoms with van der Waals surface area (Å²) in [4.78, 5) is 7.03. The van der Waals surface area contributed by atoms with Crippen LogP contribution in [0.5, 0.6) is 0 Å². The Balaban J connectivity index is 1.43. The summed E-state index contributed by atoms with van der Waals surface area (Å²) in [5.41, 5.74) is 0.926. The predicted molar refractivity (Wildman–Crippen MR) is 110 cm³/mol. The number of furan rings is 1. The predicted octanol–water partition coefficient (Wildman–Crippen LogP) is 2.99. The molecular formula is C21H28N6O. The molecule has 4 rings (SSSR count). The van der Waals surface area contributed by atoms with Gasteiger partial charge in [-0.05, 0) is 38.3 Å². The third-order valence-corrected chi connectivity index (χ3v) is 5.29. The summed E-state index contributed by atoms with van der Waals surface area (Å²) in [5.74, 6) is 4.46. The van der Waals surface area contributed by atoms with Crippen molar-refractivity contribution in [2.24, 2.45) is 10.9 Å². The van der Waals surface area contributed by atoms with Crippen LogP contribution >= 0.6 is 0 Å². The number of nitrogens with one attached hydrogen (secondary N) is 1. The summed E-state index contributed by atoms with van der Waals surface area (Å²) in [5, 5.41) is 13.0. The lowest BCUT2D eigenvalue weighted by molar-refractivity contribution is 0.364. The fourth-order valence-corrected chi connectivity index (χ4v) is 3.79. The van der Waals surface area contributed by atoms with Crippen LogP contribution in [0.25, 0.3) is 11.0 Å². The van der Waals surface area contributed by atoms with Crippen LogP contribution in [0.4, 0.5) is 0 Å². The number of para-hydroxylation sites is 1. The Labute approximate surface area is 165 Å². The molecule has 0 amide bonds. The zero-order chi connectivity index (χ0) is 19.5. The standard InChI is InChI=1S/C21H28N6O/c1-4-22-21(23-12-16-9-10-20-25-24-15(2)27(20)13-16)26(3)14-18-11-17-7-5-6-8-19(17)28-18/h5-8,11,16H,4,9-10,12-14H2,1-3H3,(H,22,23). The van der Waals surface area contributed by atoms with Crippen molar-refractivity contribution >= 4 is 16.9 Å². The zero-order valence-electron chi connectivity index (χ0n) is 16.9. The van der Waals surface area contributed by atoms with Gasteiger partial charge in [-0.1, -0.05) is 18.2 Å². The first kappa shape index (κ1) is 18.5. The van der Waals surface area contributed by atoms with Crippen molar-refractivity contribution in [3.05, 3.63) is 47.7 Å². The molecule has 7 nitrogen and oxygen atoms in total. The number of aromatic nitrogens is 3. The second-order valence-corrected chi connectivity index (χ2v) is 7.48. The van der Waals surface area contributed by atoms with Gasteiger partial charge in [0.1, 0.15) is 23.0 Å². The van der Waals surface area contributed by atoms with Crippen LogP contribution in [0, 0.1) is 12.8 Å². The first-order valence-electron chi connectivity index (χ1n) is 9.99. The van der Waals surface area contributed by atoms with Gasteiger partial charge >= 0.3 is 0 Å². The molecule has 2 aromatic heterocycles. The zero-order valence-corrected chi connectivity index (χ0v) is 16.9. The van der Waals surface area contributed by atoms with Crippen molar-refractivity contribution in [1.29, 1.82) is 0 Å². The minimum Gasteiger partial charge on any atom is -0.459 e. The Morgan fingerprint density at radius 3 is 3.04 bits per heavy atom. The number of aryl methyl sites for hydroxylation is 2. The summed E-state index contributed by atoms with van der Waals surface area (Å²) in [7, 11) is 2.05. The molecule has 3 aromatic rings. The van der Waals surface area contributed by atoms with E-state index in [9.17, 15) is 0 Å². The molecule has 0 spiro atoms. The van der Waals surface area contributed by atoms with Crippen LogP contribution in [0.15, 0.2) is 39.7 Å². The highest BCUT2D eigenvalue weighted by Crippen LogP contribution is 2.21. The number of benzene rings is 1. The first-order chi connectivity index (χ1) is 13.6. The first-order valence-corrected chi connectivity index (χ1v) is 9.99. The molecule has 0 saturated heterocycles. The average Bonchev–Trinajstić information content (AvgIpc) is 3.27. The van der Waals surface area contributed by atoms with Crippen molar-refractivity contribution in [2.75, 3.05) is 20.1 Å². The van der Waals surface area contributed by atoms with Crippen molar-refractivity contribution in [2.45, 2.75) is 39.8 Å². The number of guanidine groups is 1. The fraction of sp³-hybridized carbons (Fsp3) is 0.476. The summed E-state index contributed by atoms with van der Waals surface area (Å²) >= 11 is 0. The third-order valence-electron chi connectivity index (χ3n) is 5.29. The van der Waals surface area contributed by atoms with E-state index in [0.29, 0.717) is 12.5 Å². The molecule has 1 unspecified atom stereocenters. The summed E-state index contributed by atoms with van der Waals surface area (Å²) in [6.07, 6.45) is 2.08. The Bertz CT molecular complexity index is 939. The third kappa shape index (κ3) is 3.88. The molecule has 1 aliphatic heterocycles. The minimum absolute atomic E-state index is 0.510. The van der Waals surface area contributed by atoms with Crippen molar-refractivity contribution in [3.63, 3.8) is 0 Å². The van der Waals surface area contributed by atoms with E-state index in [4.69, 9.17) is 9.41 Å². The van der Waals surface area contributed by atoms with Gasteiger partial charge in [0.05, 0.1) is 6.54 Å². The molecule has 0 aliphatic carbocycles. The highest BCUT2D eigenvalue weighted by atomic mass is 16.3. The molecule has 1 atom stereocenters. The van der Waals surface area contributed by atoms with E-state index < -0.39 is 0 Å². The van der Waals surface area contributed by atoms with Crippen molar-refractivity contribution < 1.29 is 4.42 Å². The van der Waals surface area contributed by atoms with Gasteiger partial charge < -0.3 is 19.2 Å². The molecule has 7 heteroatoms.